The molecule has 23 heavy (non-hydrogen) atoms. The lowest BCUT2D eigenvalue weighted by Gasteiger charge is -2.16. The normalized spacial score (nSPS) is 15.4. The maximum Gasteiger partial charge on any atom is 0.222 e. The molecule has 1 aliphatic rings. The lowest BCUT2D eigenvalue weighted by atomic mass is 10.1. The van der Waals surface area contributed by atoms with E-state index in [1.165, 1.54) is 11.1 Å². The molecule has 1 amide bonds. The summed E-state index contributed by atoms with van der Waals surface area (Å²) < 4.78 is 0. The first-order chi connectivity index (χ1) is 11.1. The largest absolute Gasteiger partial charge is 0.357 e. The van der Waals surface area contributed by atoms with E-state index in [2.05, 4.69) is 60.7 Å². The van der Waals surface area contributed by atoms with Crippen LogP contribution in [0, 0.1) is 0 Å². The summed E-state index contributed by atoms with van der Waals surface area (Å²) in [5.74, 6) is 1.11. The van der Waals surface area contributed by atoms with Gasteiger partial charge >= 0.3 is 0 Å². The van der Waals surface area contributed by atoms with Gasteiger partial charge in [-0.05, 0) is 38.3 Å². The molecular weight excluding hydrogens is 288 g/mol. The van der Waals surface area contributed by atoms with Crippen molar-refractivity contribution in [3.8, 4) is 0 Å². The van der Waals surface area contributed by atoms with Crippen LogP contribution in [0.15, 0.2) is 29.3 Å². The van der Waals surface area contributed by atoms with E-state index >= 15 is 0 Å². The Morgan fingerprint density at radius 2 is 1.96 bits per heavy atom. The molecular formula is C18H28N4O. The number of hydrogen-bond acceptors (Lipinski definition) is 2. The molecule has 2 rings (SSSR count). The maximum absolute atomic E-state index is 11.7. The van der Waals surface area contributed by atoms with Crippen LogP contribution >= 0.6 is 0 Å². The number of benzene rings is 1. The van der Waals surface area contributed by atoms with E-state index in [1.807, 2.05) is 4.90 Å². The van der Waals surface area contributed by atoms with Crippen LogP contribution in [0.1, 0.15) is 44.7 Å². The van der Waals surface area contributed by atoms with Crippen molar-refractivity contribution < 1.29 is 4.79 Å². The van der Waals surface area contributed by atoms with E-state index in [-0.39, 0.29) is 5.91 Å². The fourth-order valence-electron chi connectivity index (χ4n) is 2.61. The summed E-state index contributed by atoms with van der Waals surface area (Å²) in [5, 5.41) is 6.55. The van der Waals surface area contributed by atoms with Gasteiger partial charge in [0.25, 0.3) is 0 Å². The third kappa shape index (κ3) is 5.58. The first-order valence-corrected chi connectivity index (χ1v) is 8.49. The molecule has 1 aromatic carbocycles. The molecule has 1 aliphatic heterocycles. The Kier molecular flexibility index (Phi) is 6.44. The van der Waals surface area contributed by atoms with E-state index in [4.69, 9.17) is 0 Å². The quantitative estimate of drug-likeness (QED) is 0.625. The second kappa shape index (κ2) is 8.56. The summed E-state index contributed by atoms with van der Waals surface area (Å²) in [4.78, 5) is 18.2. The van der Waals surface area contributed by atoms with Crippen molar-refractivity contribution >= 4 is 11.9 Å². The fourth-order valence-corrected chi connectivity index (χ4v) is 2.61. The van der Waals surface area contributed by atoms with Gasteiger partial charge in [-0.15, -0.1) is 0 Å². The Balaban J connectivity index is 1.92. The van der Waals surface area contributed by atoms with E-state index in [1.54, 1.807) is 0 Å². The average Bonchev–Trinajstić information content (AvgIpc) is 2.91. The number of rotatable bonds is 6. The highest BCUT2D eigenvalue weighted by atomic mass is 16.2. The molecule has 0 radical (unpaired) electrons. The smallest absolute Gasteiger partial charge is 0.222 e. The second-order valence-corrected chi connectivity index (χ2v) is 6.23. The molecule has 126 valence electrons. The van der Waals surface area contributed by atoms with Gasteiger partial charge in [0, 0.05) is 32.1 Å². The van der Waals surface area contributed by atoms with Crippen molar-refractivity contribution in [3.63, 3.8) is 0 Å². The molecule has 0 aromatic heterocycles. The highest BCUT2D eigenvalue weighted by Gasteiger charge is 2.19. The number of hydrogen-bond donors (Lipinski definition) is 2. The Bertz CT molecular complexity index is 536. The summed E-state index contributed by atoms with van der Waals surface area (Å²) in [6.45, 7) is 9.36. The summed E-state index contributed by atoms with van der Waals surface area (Å²) >= 11 is 0. The van der Waals surface area contributed by atoms with Gasteiger partial charge < -0.3 is 15.5 Å². The highest BCUT2D eigenvalue weighted by Crippen LogP contribution is 2.15. The topological polar surface area (TPSA) is 56.7 Å². The third-order valence-corrected chi connectivity index (χ3v) is 3.76. The van der Waals surface area contributed by atoms with Crippen LogP contribution in [0.25, 0.3) is 0 Å². The molecule has 0 aliphatic carbocycles. The number of likely N-dealkylation sites (tertiary alicyclic amines) is 1. The Morgan fingerprint density at radius 1 is 1.26 bits per heavy atom. The van der Waals surface area contributed by atoms with E-state index in [9.17, 15) is 4.79 Å². The number of guanidine groups is 1. The van der Waals surface area contributed by atoms with Crippen molar-refractivity contribution in [1.29, 1.82) is 0 Å². The molecule has 0 atom stereocenters. The van der Waals surface area contributed by atoms with Crippen LogP contribution < -0.4 is 10.6 Å². The number of carbonyl (C=O) groups is 1. The molecule has 0 saturated carbocycles. The van der Waals surface area contributed by atoms with Crippen molar-refractivity contribution in [1.82, 2.24) is 15.5 Å². The first kappa shape index (κ1) is 17.3. The zero-order chi connectivity index (χ0) is 16.7. The summed E-state index contributed by atoms with van der Waals surface area (Å²) in [5.41, 5.74) is 2.35. The average molecular weight is 316 g/mol. The zero-order valence-electron chi connectivity index (χ0n) is 14.4. The summed E-state index contributed by atoms with van der Waals surface area (Å²) in [7, 11) is 0. The minimum absolute atomic E-state index is 0.272. The predicted octanol–water partition coefficient (Wildman–Crippen LogP) is 2.27. The SMILES string of the molecule is CCNC(=NCc1ccc(CN2CCCC2=O)cc1)NC(C)C. The van der Waals surface area contributed by atoms with Crippen LogP contribution in [-0.2, 0) is 17.9 Å². The van der Waals surface area contributed by atoms with Crippen molar-refractivity contribution in [2.75, 3.05) is 13.1 Å². The molecule has 1 aromatic rings. The number of carbonyl (C=O) groups excluding carboxylic acids is 1. The number of amides is 1. The van der Waals surface area contributed by atoms with E-state index < -0.39 is 0 Å². The molecule has 5 nitrogen and oxygen atoms in total. The molecule has 1 saturated heterocycles. The van der Waals surface area contributed by atoms with Gasteiger partial charge in [0.15, 0.2) is 5.96 Å². The maximum atomic E-state index is 11.7. The molecule has 2 N–H and O–H groups in total. The minimum atomic E-state index is 0.272. The summed E-state index contributed by atoms with van der Waals surface area (Å²) in [6, 6.07) is 8.74. The van der Waals surface area contributed by atoms with E-state index in [0.717, 1.165) is 32.0 Å². The van der Waals surface area contributed by atoms with Gasteiger partial charge in [0.05, 0.1) is 6.54 Å². The monoisotopic (exact) mass is 316 g/mol. The Morgan fingerprint density at radius 3 is 2.52 bits per heavy atom. The van der Waals surface area contributed by atoms with Crippen molar-refractivity contribution in [2.24, 2.45) is 4.99 Å². The Hall–Kier alpha value is -2.04. The molecule has 1 heterocycles. The standard InChI is InChI=1S/C18H28N4O/c1-4-19-18(21-14(2)3)20-12-15-7-9-16(10-8-15)13-22-11-5-6-17(22)23/h7-10,14H,4-6,11-13H2,1-3H3,(H2,19,20,21). The van der Waals surface area contributed by atoms with Crippen LogP contribution in [0.5, 0.6) is 0 Å². The summed E-state index contributed by atoms with van der Waals surface area (Å²) in [6.07, 6.45) is 1.69. The molecule has 0 unspecified atom stereocenters. The zero-order valence-corrected chi connectivity index (χ0v) is 14.4. The molecule has 0 bridgehead atoms. The molecule has 0 spiro atoms. The van der Waals surface area contributed by atoms with Gasteiger partial charge in [-0.25, -0.2) is 4.99 Å². The predicted molar refractivity (Wildman–Crippen MR) is 94.2 cm³/mol. The second-order valence-electron chi connectivity index (χ2n) is 6.23. The van der Waals surface area contributed by atoms with Gasteiger partial charge in [-0.1, -0.05) is 24.3 Å². The van der Waals surface area contributed by atoms with Crippen molar-refractivity contribution in [2.45, 2.75) is 52.7 Å². The van der Waals surface area contributed by atoms with Crippen LogP contribution in [-0.4, -0.2) is 35.9 Å². The van der Waals surface area contributed by atoms with Gasteiger partial charge in [-0.2, -0.15) is 0 Å². The molecule has 5 heteroatoms. The van der Waals surface area contributed by atoms with Gasteiger partial charge in [0.1, 0.15) is 0 Å². The Labute approximate surface area is 139 Å². The minimum Gasteiger partial charge on any atom is -0.357 e. The highest BCUT2D eigenvalue weighted by molar-refractivity contribution is 5.80. The van der Waals surface area contributed by atoms with Gasteiger partial charge in [-0.3, -0.25) is 4.79 Å². The van der Waals surface area contributed by atoms with Crippen LogP contribution in [0.3, 0.4) is 0 Å². The number of nitrogens with one attached hydrogen (secondary N) is 2. The first-order valence-electron chi connectivity index (χ1n) is 8.49. The van der Waals surface area contributed by atoms with Crippen molar-refractivity contribution in [3.05, 3.63) is 35.4 Å². The van der Waals surface area contributed by atoms with Crippen LogP contribution in [0.4, 0.5) is 0 Å². The lowest BCUT2D eigenvalue weighted by molar-refractivity contribution is -0.128. The number of nitrogens with zero attached hydrogens (tertiary/aromatic N) is 2. The van der Waals surface area contributed by atoms with Crippen LogP contribution in [0.2, 0.25) is 0 Å². The fraction of sp³-hybridized carbons (Fsp3) is 0.556. The van der Waals surface area contributed by atoms with E-state index in [0.29, 0.717) is 19.0 Å². The molecule has 1 fully saturated rings. The number of aliphatic imine (C=N–C) groups is 1. The third-order valence-electron chi connectivity index (χ3n) is 3.76. The van der Waals surface area contributed by atoms with Gasteiger partial charge in [0.2, 0.25) is 5.91 Å². The lowest BCUT2D eigenvalue weighted by Crippen LogP contribution is -2.40.